The highest BCUT2D eigenvalue weighted by molar-refractivity contribution is 6.17. The molecule has 0 aliphatic rings. The van der Waals surface area contributed by atoms with Crippen LogP contribution in [-0.2, 0) is 0 Å². The van der Waals surface area contributed by atoms with Gasteiger partial charge in [0.25, 0.3) is 0 Å². The molecule has 0 bridgehead atoms. The highest BCUT2D eigenvalue weighted by atomic mass is 16.4. The Balaban J connectivity index is 4.13. The number of hydrogen-bond acceptors (Lipinski definition) is 5. The minimum absolute atomic E-state index is 0.296. The van der Waals surface area contributed by atoms with Crippen molar-refractivity contribution in [1.29, 1.82) is 0 Å². The van der Waals surface area contributed by atoms with Crippen molar-refractivity contribution in [1.82, 2.24) is 0 Å². The number of benzene rings is 1. The summed E-state index contributed by atoms with van der Waals surface area (Å²) in [6, 6.07) is 0.296. The molecule has 1 rings (SSSR count). The van der Waals surface area contributed by atoms with Crippen molar-refractivity contribution in [2.75, 3.05) is 0 Å². The zero-order valence-corrected chi connectivity index (χ0v) is 9.85. The summed E-state index contributed by atoms with van der Waals surface area (Å²) in [5.74, 6) is -9.91. The Morgan fingerprint density at radius 3 is 1.00 bits per heavy atom. The second-order valence-corrected chi connectivity index (χ2v) is 3.62. The van der Waals surface area contributed by atoms with Crippen molar-refractivity contribution in [3.05, 3.63) is 33.9 Å². The molecular weight excluding hydrogens is 292 g/mol. The van der Waals surface area contributed by atoms with E-state index in [9.17, 15) is 24.0 Å². The second-order valence-electron chi connectivity index (χ2n) is 3.62. The van der Waals surface area contributed by atoms with Gasteiger partial charge >= 0.3 is 29.8 Å². The molecule has 21 heavy (non-hydrogen) atoms. The standard InChI is InChI=1S/C11H6O10/c12-7(13)2-1-3(8(14)15)5(10(18)19)6(11(20)21)4(2)9(16)17/h1H,(H,12,13)(H,14,15)(H,16,17)(H,18,19)(H,20,21). The molecule has 0 saturated carbocycles. The number of rotatable bonds is 5. The van der Waals surface area contributed by atoms with E-state index in [0.29, 0.717) is 6.07 Å². The average molecular weight is 298 g/mol. The van der Waals surface area contributed by atoms with Crippen LogP contribution in [0.4, 0.5) is 0 Å². The third-order valence-corrected chi connectivity index (χ3v) is 2.43. The van der Waals surface area contributed by atoms with E-state index < -0.39 is 57.7 Å². The summed E-state index contributed by atoms with van der Waals surface area (Å²) in [6.45, 7) is 0. The van der Waals surface area contributed by atoms with Crippen molar-refractivity contribution < 1.29 is 49.5 Å². The fraction of sp³-hybridized carbons (Fsp3) is 0. The molecule has 0 amide bonds. The van der Waals surface area contributed by atoms with Gasteiger partial charge in [-0.1, -0.05) is 0 Å². The van der Waals surface area contributed by atoms with E-state index in [0.717, 1.165) is 0 Å². The summed E-state index contributed by atoms with van der Waals surface area (Å²) in [6.07, 6.45) is 0. The van der Waals surface area contributed by atoms with Gasteiger partial charge in [0.2, 0.25) is 0 Å². The Labute approximate surface area is 114 Å². The molecule has 110 valence electrons. The summed E-state index contributed by atoms with van der Waals surface area (Å²) < 4.78 is 0. The van der Waals surface area contributed by atoms with Gasteiger partial charge in [-0.05, 0) is 6.07 Å². The molecule has 10 heteroatoms. The number of hydrogen-bond donors (Lipinski definition) is 5. The molecule has 5 N–H and O–H groups in total. The lowest BCUT2D eigenvalue weighted by Gasteiger charge is -2.12. The highest BCUT2D eigenvalue weighted by Crippen LogP contribution is 2.25. The predicted octanol–water partition coefficient (Wildman–Crippen LogP) is 0.178. The van der Waals surface area contributed by atoms with Gasteiger partial charge in [-0.15, -0.1) is 0 Å². The molecular formula is C11H6O10. The van der Waals surface area contributed by atoms with E-state index in [2.05, 4.69) is 0 Å². The molecule has 0 radical (unpaired) electrons. The number of carbonyl (C=O) groups is 5. The van der Waals surface area contributed by atoms with Gasteiger partial charge in [0.15, 0.2) is 0 Å². The van der Waals surface area contributed by atoms with Gasteiger partial charge < -0.3 is 25.5 Å². The van der Waals surface area contributed by atoms with Crippen LogP contribution in [-0.4, -0.2) is 55.4 Å². The molecule has 0 aliphatic carbocycles. The van der Waals surface area contributed by atoms with Crippen LogP contribution >= 0.6 is 0 Å². The second kappa shape index (κ2) is 5.28. The first-order chi connectivity index (χ1) is 9.59. The first kappa shape index (κ1) is 15.6. The lowest BCUT2D eigenvalue weighted by molar-refractivity contribution is 0.0609. The molecule has 0 fully saturated rings. The molecule has 0 saturated heterocycles. The molecule has 0 spiro atoms. The van der Waals surface area contributed by atoms with Crippen LogP contribution in [0, 0.1) is 0 Å². The van der Waals surface area contributed by atoms with Crippen molar-refractivity contribution >= 4 is 29.8 Å². The molecule has 1 aromatic carbocycles. The molecule has 10 nitrogen and oxygen atoms in total. The van der Waals surface area contributed by atoms with Crippen molar-refractivity contribution in [2.45, 2.75) is 0 Å². The Hall–Kier alpha value is -3.43. The van der Waals surface area contributed by atoms with Gasteiger partial charge in [0.05, 0.1) is 27.8 Å². The van der Waals surface area contributed by atoms with Gasteiger partial charge in [0.1, 0.15) is 0 Å². The highest BCUT2D eigenvalue weighted by Gasteiger charge is 2.34. The number of carboxylic acid groups (broad SMARTS) is 5. The molecule has 0 unspecified atom stereocenters. The van der Waals surface area contributed by atoms with Gasteiger partial charge in [-0.2, -0.15) is 0 Å². The van der Waals surface area contributed by atoms with Gasteiger partial charge in [0, 0.05) is 0 Å². The number of aromatic carboxylic acids is 5. The summed E-state index contributed by atoms with van der Waals surface area (Å²) in [7, 11) is 0. The van der Waals surface area contributed by atoms with E-state index in [1.807, 2.05) is 0 Å². The largest absolute Gasteiger partial charge is 0.478 e. The quantitative estimate of drug-likeness (QED) is 0.501. The Morgan fingerprint density at radius 2 is 0.810 bits per heavy atom. The van der Waals surface area contributed by atoms with Crippen LogP contribution in [0.2, 0.25) is 0 Å². The maximum atomic E-state index is 11.1. The molecule has 0 atom stereocenters. The molecule has 0 aromatic heterocycles. The maximum absolute atomic E-state index is 11.1. The van der Waals surface area contributed by atoms with Crippen LogP contribution in [0.25, 0.3) is 0 Å². The fourth-order valence-electron chi connectivity index (χ4n) is 1.68. The van der Waals surface area contributed by atoms with Crippen molar-refractivity contribution in [3.8, 4) is 0 Å². The molecule has 0 aliphatic heterocycles. The normalized spacial score (nSPS) is 9.90. The summed E-state index contributed by atoms with van der Waals surface area (Å²) in [5.41, 5.74) is -6.30. The third kappa shape index (κ3) is 2.63. The Bertz CT molecular complexity index is 649. The van der Waals surface area contributed by atoms with Crippen LogP contribution in [0.1, 0.15) is 51.8 Å². The van der Waals surface area contributed by atoms with E-state index in [1.54, 1.807) is 0 Å². The topological polar surface area (TPSA) is 186 Å². The lowest BCUT2D eigenvalue weighted by Crippen LogP contribution is -2.23. The number of carboxylic acids is 5. The summed E-state index contributed by atoms with van der Waals surface area (Å²) in [4.78, 5) is 55.1. The summed E-state index contributed by atoms with van der Waals surface area (Å²) >= 11 is 0. The maximum Gasteiger partial charge on any atom is 0.337 e. The van der Waals surface area contributed by atoms with Crippen LogP contribution in [0.15, 0.2) is 6.07 Å². The average Bonchev–Trinajstić information content (AvgIpc) is 2.34. The first-order valence-corrected chi connectivity index (χ1v) is 4.97. The Morgan fingerprint density at radius 1 is 0.524 bits per heavy atom. The van der Waals surface area contributed by atoms with E-state index >= 15 is 0 Å². The van der Waals surface area contributed by atoms with E-state index in [1.165, 1.54) is 0 Å². The zero-order chi connectivity index (χ0) is 16.5. The lowest BCUT2D eigenvalue weighted by atomic mass is 9.91. The van der Waals surface area contributed by atoms with Crippen LogP contribution in [0.5, 0.6) is 0 Å². The van der Waals surface area contributed by atoms with E-state index in [4.69, 9.17) is 25.5 Å². The van der Waals surface area contributed by atoms with E-state index in [-0.39, 0.29) is 0 Å². The monoisotopic (exact) mass is 298 g/mol. The van der Waals surface area contributed by atoms with Gasteiger partial charge in [-0.3, -0.25) is 0 Å². The molecule has 1 aromatic rings. The predicted molar refractivity (Wildman–Crippen MR) is 61.2 cm³/mol. The van der Waals surface area contributed by atoms with Crippen LogP contribution in [0.3, 0.4) is 0 Å². The van der Waals surface area contributed by atoms with Gasteiger partial charge in [-0.25, -0.2) is 24.0 Å². The minimum atomic E-state index is -2.07. The Kier molecular flexibility index (Phi) is 3.93. The van der Waals surface area contributed by atoms with Crippen LogP contribution < -0.4 is 0 Å². The van der Waals surface area contributed by atoms with Crippen molar-refractivity contribution in [2.24, 2.45) is 0 Å². The zero-order valence-electron chi connectivity index (χ0n) is 9.85. The SMILES string of the molecule is O=C(O)c1cc(C(=O)O)c(C(=O)O)c(C(=O)O)c1C(=O)O. The summed E-state index contributed by atoms with van der Waals surface area (Å²) in [5, 5.41) is 44.5. The first-order valence-electron chi connectivity index (χ1n) is 4.97. The van der Waals surface area contributed by atoms with Crippen molar-refractivity contribution in [3.63, 3.8) is 0 Å². The third-order valence-electron chi connectivity index (χ3n) is 2.43. The fourth-order valence-corrected chi connectivity index (χ4v) is 1.68. The molecule has 0 heterocycles. The minimum Gasteiger partial charge on any atom is -0.478 e. The smallest absolute Gasteiger partial charge is 0.337 e.